The van der Waals surface area contributed by atoms with Crippen LogP contribution in [-0.4, -0.2) is 60.2 Å². The van der Waals surface area contributed by atoms with Crippen molar-refractivity contribution in [2.75, 3.05) is 38.3 Å². The SMILES string of the molecule is C=CC(=O)N1CCN2c3ncnc4cc(-c5cc(F)ccc5OC)c(Cl)c(c34)OC[C@@H]2C1. The molecule has 0 bridgehead atoms. The third kappa shape index (κ3) is 3.22. The summed E-state index contributed by atoms with van der Waals surface area (Å²) in [5.74, 6) is 1.11. The second-order valence-corrected chi connectivity index (χ2v) is 8.03. The van der Waals surface area contributed by atoms with Gasteiger partial charge in [0.05, 0.1) is 29.1 Å². The minimum absolute atomic E-state index is 0.110. The molecule has 7 nitrogen and oxygen atoms in total. The van der Waals surface area contributed by atoms with Gasteiger partial charge in [0.15, 0.2) is 5.75 Å². The van der Waals surface area contributed by atoms with Crippen molar-refractivity contribution in [2.45, 2.75) is 6.04 Å². The molecule has 3 aromatic rings. The smallest absolute Gasteiger partial charge is 0.246 e. The maximum atomic E-state index is 14.1. The van der Waals surface area contributed by atoms with Crippen molar-refractivity contribution in [3.8, 4) is 22.6 Å². The Morgan fingerprint density at radius 3 is 2.94 bits per heavy atom. The molecule has 0 aliphatic carbocycles. The summed E-state index contributed by atoms with van der Waals surface area (Å²) in [7, 11) is 1.52. The van der Waals surface area contributed by atoms with E-state index in [-0.39, 0.29) is 11.9 Å². The number of ether oxygens (including phenoxy) is 2. The van der Waals surface area contributed by atoms with Crippen molar-refractivity contribution in [1.29, 1.82) is 0 Å². The van der Waals surface area contributed by atoms with Gasteiger partial charge >= 0.3 is 0 Å². The van der Waals surface area contributed by atoms with Crippen LogP contribution in [0.5, 0.6) is 11.5 Å². The lowest BCUT2D eigenvalue weighted by Crippen LogP contribution is -2.56. The number of methoxy groups -OCH3 is 1. The number of aromatic nitrogens is 2. The van der Waals surface area contributed by atoms with Gasteiger partial charge in [-0.3, -0.25) is 4.79 Å². The van der Waals surface area contributed by atoms with Gasteiger partial charge in [-0.2, -0.15) is 0 Å². The zero-order chi connectivity index (χ0) is 22.4. The molecule has 0 unspecified atom stereocenters. The Bertz CT molecular complexity index is 1250. The van der Waals surface area contributed by atoms with Crippen LogP contribution in [0.15, 0.2) is 43.2 Å². The van der Waals surface area contributed by atoms with Gasteiger partial charge in [-0.25, -0.2) is 14.4 Å². The van der Waals surface area contributed by atoms with E-state index in [1.165, 1.54) is 31.6 Å². The molecule has 32 heavy (non-hydrogen) atoms. The number of carbonyl (C=O) groups excluding carboxylic acids is 1. The summed E-state index contributed by atoms with van der Waals surface area (Å²) in [6, 6.07) is 5.95. The van der Waals surface area contributed by atoms with E-state index in [1.807, 2.05) is 0 Å². The number of halogens is 2. The number of hydrogen-bond donors (Lipinski definition) is 0. The normalized spacial score (nSPS) is 17.4. The molecule has 3 heterocycles. The third-order valence-corrected chi connectivity index (χ3v) is 6.29. The average Bonchev–Trinajstić information content (AvgIpc) is 2.98. The highest BCUT2D eigenvalue weighted by Gasteiger charge is 2.35. The van der Waals surface area contributed by atoms with Crippen LogP contribution in [-0.2, 0) is 4.79 Å². The molecule has 1 amide bonds. The van der Waals surface area contributed by atoms with E-state index in [9.17, 15) is 9.18 Å². The number of rotatable bonds is 3. The van der Waals surface area contributed by atoms with E-state index < -0.39 is 5.82 Å². The lowest BCUT2D eigenvalue weighted by atomic mass is 10.0. The van der Waals surface area contributed by atoms with Crippen molar-refractivity contribution in [3.63, 3.8) is 0 Å². The van der Waals surface area contributed by atoms with Crippen molar-refractivity contribution < 1.29 is 18.7 Å². The van der Waals surface area contributed by atoms with Gasteiger partial charge in [-0.1, -0.05) is 18.2 Å². The van der Waals surface area contributed by atoms with Crippen LogP contribution in [0.1, 0.15) is 0 Å². The molecule has 0 N–H and O–H groups in total. The highest BCUT2D eigenvalue weighted by Crippen LogP contribution is 2.47. The zero-order valence-electron chi connectivity index (χ0n) is 17.3. The molecular weight excluding hydrogens is 435 g/mol. The van der Waals surface area contributed by atoms with Crippen LogP contribution in [0.25, 0.3) is 22.0 Å². The number of piperazine rings is 1. The van der Waals surface area contributed by atoms with Gasteiger partial charge in [0, 0.05) is 30.8 Å². The van der Waals surface area contributed by atoms with Crippen LogP contribution in [0.2, 0.25) is 5.02 Å². The van der Waals surface area contributed by atoms with Crippen molar-refractivity contribution in [2.24, 2.45) is 0 Å². The largest absolute Gasteiger partial charge is 0.496 e. The predicted molar refractivity (Wildman–Crippen MR) is 120 cm³/mol. The zero-order valence-corrected chi connectivity index (χ0v) is 18.1. The van der Waals surface area contributed by atoms with E-state index in [2.05, 4.69) is 21.4 Å². The number of benzene rings is 2. The highest BCUT2D eigenvalue weighted by molar-refractivity contribution is 6.36. The first kappa shape index (κ1) is 20.5. The van der Waals surface area contributed by atoms with Crippen molar-refractivity contribution >= 4 is 34.2 Å². The molecule has 2 aliphatic rings. The molecule has 0 spiro atoms. The van der Waals surface area contributed by atoms with Gasteiger partial charge in [-0.15, -0.1) is 0 Å². The van der Waals surface area contributed by atoms with Crippen LogP contribution in [0.3, 0.4) is 0 Å². The molecule has 0 radical (unpaired) electrons. The fraction of sp³-hybridized carbons (Fsp3) is 0.261. The molecule has 2 aliphatic heterocycles. The molecule has 1 atom stereocenters. The quantitative estimate of drug-likeness (QED) is 0.562. The Kier molecular flexibility index (Phi) is 5.09. The first-order chi connectivity index (χ1) is 15.5. The Morgan fingerprint density at radius 2 is 2.16 bits per heavy atom. The van der Waals surface area contributed by atoms with E-state index in [1.54, 1.807) is 17.0 Å². The maximum absolute atomic E-state index is 14.1. The molecule has 1 aromatic heterocycles. The summed E-state index contributed by atoms with van der Waals surface area (Å²) in [6.07, 6.45) is 2.81. The third-order valence-electron chi connectivity index (χ3n) is 5.91. The molecule has 1 fully saturated rings. The van der Waals surface area contributed by atoms with Gasteiger partial charge in [0.1, 0.15) is 30.3 Å². The van der Waals surface area contributed by atoms with Gasteiger partial charge in [0.2, 0.25) is 5.91 Å². The number of fused-ring (bicyclic) bond motifs is 2. The second-order valence-electron chi connectivity index (χ2n) is 7.65. The van der Waals surface area contributed by atoms with E-state index >= 15 is 0 Å². The van der Waals surface area contributed by atoms with Crippen molar-refractivity contribution in [1.82, 2.24) is 14.9 Å². The summed E-state index contributed by atoms with van der Waals surface area (Å²) in [5.41, 5.74) is 1.68. The fourth-order valence-electron chi connectivity index (χ4n) is 4.37. The van der Waals surface area contributed by atoms with E-state index in [4.69, 9.17) is 21.1 Å². The van der Waals surface area contributed by atoms with Crippen LogP contribution in [0, 0.1) is 5.82 Å². The molecule has 1 saturated heterocycles. The second kappa shape index (κ2) is 7.94. The topological polar surface area (TPSA) is 67.8 Å². The first-order valence-corrected chi connectivity index (χ1v) is 10.5. The van der Waals surface area contributed by atoms with Gasteiger partial charge in [0.25, 0.3) is 0 Å². The number of anilines is 1. The summed E-state index contributed by atoms with van der Waals surface area (Å²) >= 11 is 6.83. The number of nitrogens with zero attached hydrogens (tertiary/aromatic N) is 4. The lowest BCUT2D eigenvalue weighted by Gasteiger charge is -2.40. The summed E-state index contributed by atoms with van der Waals surface area (Å²) in [6.45, 7) is 5.51. The number of carbonyl (C=O) groups is 1. The molecule has 2 aromatic carbocycles. The fourth-order valence-corrected chi connectivity index (χ4v) is 4.68. The Hall–Kier alpha value is -3.39. The number of amides is 1. The van der Waals surface area contributed by atoms with E-state index in [0.717, 1.165) is 0 Å². The maximum Gasteiger partial charge on any atom is 0.246 e. The summed E-state index contributed by atoms with van der Waals surface area (Å²) in [4.78, 5) is 25.0. The Labute approximate surface area is 189 Å². The lowest BCUT2D eigenvalue weighted by molar-refractivity contribution is -0.126. The molecule has 9 heteroatoms. The average molecular weight is 455 g/mol. The Morgan fingerprint density at radius 1 is 1.31 bits per heavy atom. The molecule has 0 saturated carbocycles. The van der Waals surface area contributed by atoms with Crippen LogP contribution in [0.4, 0.5) is 10.2 Å². The van der Waals surface area contributed by atoms with E-state index in [0.29, 0.717) is 70.6 Å². The minimum atomic E-state index is -0.406. The molecular formula is C23H20ClFN4O3. The van der Waals surface area contributed by atoms with Gasteiger partial charge in [-0.05, 0) is 30.3 Å². The monoisotopic (exact) mass is 454 g/mol. The minimum Gasteiger partial charge on any atom is -0.496 e. The number of hydrogen-bond acceptors (Lipinski definition) is 6. The molecule has 5 rings (SSSR count). The predicted octanol–water partition coefficient (Wildman–Crippen LogP) is 3.69. The van der Waals surface area contributed by atoms with Crippen molar-refractivity contribution in [3.05, 3.63) is 54.1 Å². The van der Waals surface area contributed by atoms with Crippen LogP contribution >= 0.6 is 11.6 Å². The molecule has 164 valence electrons. The summed E-state index contributed by atoms with van der Waals surface area (Å²) in [5, 5.41) is 1.03. The van der Waals surface area contributed by atoms with Gasteiger partial charge < -0.3 is 19.3 Å². The Balaban J connectivity index is 1.66. The standard InChI is InChI=1S/C23H20ClFN4O3/c1-3-19(30)28-6-7-29-14(10-28)11-32-22-20-17(26-12-27-23(20)29)9-16(21(22)24)15-8-13(25)4-5-18(15)31-2/h3-5,8-9,12,14H,1,6-7,10-11H2,2H3/t14-/m0/s1. The first-order valence-electron chi connectivity index (χ1n) is 10.1. The van der Waals surface area contributed by atoms with Crippen LogP contribution < -0.4 is 14.4 Å². The summed E-state index contributed by atoms with van der Waals surface area (Å²) < 4.78 is 25.7. The highest BCUT2D eigenvalue weighted by atomic mass is 35.5.